The fraction of sp³-hybridized carbons (Fsp3) is 0.444. The number of rotatable bonds is 7. The first kappa shape index (κ1) is 21.7. The molecule has 0 bridgehead atoms. The molecule has 3 rings (SSSR count). The van der Waals surface area contributed by atoms with Crippen LogP contribution >= 0.6 is 11.8 Å². The minimum Gasteiger partial charge on any atom is -0.482 e. The Morgan fingerprint density at radius 2 is 1.87 bits per heavy atom. The number of carbonyl (C=O) groups is 2. The first-order valence-electron chi connectivity index (χ1n) is 9.38. The molecule has 0 unspecified atom stereocenters. The summed E-state index contributed by atoms with van der Waals surface area (Å²) in [7, 11) is 0. The molecule has 2 N–H and O–H groups in total. The van der Waals surface area contributed by atoms with Crippen LogP contribution in [0.15, 0.2) is 29.4 Å². The largest absolute Gasteiger partial charge is 0.482 e. The van der Waals surface area contributed by atoms with Gasteiger partial charge in [-0.1, -0.05) is 23.9 Å². The Balaban J connectivity index is 1.46. The number of ether oxygens (including phenoxy) is 2. The van der Waals surface area contributed by atoms with E-state index in [0.717, 1.165) is 11.8 Å². The van der Waals surface area contributed by atoms with E-state index >= 15 is 0 Å². The summed E-state index contributed by atoms with van der Waals surface area (Å²) in [5.41, 5.74) is 0. The van der Waals surface area contributed by atoms with E-state index in [2.05, 4.69) is 10.2 Å². The van der Waals surface area contributed by atoms with Crippen molar-refractivity contribution >= 4 is 23.8 Å². The van der Waals surface area contributed by atoms with Crippen LogP contribution in [0.1, 0.15) is 12.7 Å². The number of hydrogen-bond acceptors (Lipinski definition) is 8. The van der Waals surface area contributed by atoms with Crippen LogP contribution < -0.4 is 10.6 Å². The Labute approximate surface area is 177 Å². The molecule has 1 saturated heterocycles. The first-order chi connectivity index (χ1) is 14.5. The zero-order valence-electron chi connectivity index (χ0n) is 16.5. The minimum absolute atomic E-state index is 0.0608. The number of nitrogen functional groups attached to an aromatic ring is 1. The molecule has 0 spiro atoms. The molecule has 1 fully saturated rings. The Morgan fingerprint density at radius 3 is 2.57 bits per heavy atom. The molecule has 0 atom stereocenters. The monoisotopic (exact) mass is 438 g/mol. The van der Waals surface area contributed by atoms with Crippen LogP contribution in [0, 0.1) is 5.82 Å². The van der Waals surface area contributed by atoms with Crippen molar-refractivity contribution in [3.05, 3.63) is 35.9 Å². The second-order valence-corrected chi connectivity index (χ2v) is 7.29. The predicted octanol–water partition coefficient (Wildman–Crippen LogP) is 1.10. The Kier molecular flexibility index (Phi) is 7.33. The molecular weight excluding hydrogens is 415 g/mol. The average molecular weight is 438 g/mol. The van der Waals surface area contributed by atoms with Crippen LogP contribution in [-0.2, 0) is 16.1 Å². The topological polar surface area (TPSA) is 116 Å². The summed E-state index contributed by atoms with van der Waals surface area (Å²) in [6.07, 6.45) is -0.361. The summed E-state index contributed by atoms with van der Waals surface area (Å²) in [5, 5.41) is 8.24. The maximum atomic E-state index is 13.6. The van der Waals surface area contributed by atoms with Crippen LogP contribution in [0.4, 0.5) is 9.18 Å². The molecule has 12 heteroatoms. The number of benzene rings is 1. The molecular formula is C18H23FN6O4S. The van der Waals surface area contributed by atoms with Crippen molar-refractivity contribution in [2.45, 2.75) is 18.7 Å². The van der Waals surface area contributed by atoms with Gasteiger partial charge in [-0.2, -0.15) is 0 Å². The Morgan fingerprint density at radius 1 is 1.17 bits per heavy atom. The number of nitrogens with two attached hydrogens (primary N) is 1. The van der Waals surface area contributed by atoms with Gasteiger partial charge in [-0.3, -0.25) is 4.79 Å². The second kappa shape index (κ2) is 10.1. The van der Waals surface area contributed by atoms with E-state index < -0.39 is 5.82 Å². The standard InChI is InChI=1S/C18H23FN6O4S/c1-2-28-18(27)24-9-7-23(8-10-24)16(26)12-30-17-22-21-15(25(17)20)11-29-14-6-4-3-5-13(14)19/h3-6H,2,7-12,20H2,1H3. The van der Waals surface area contributed by atoms with E-state index in [0.29, 0.717) is 43.8 Å². The third-order valence-electron chi connectivity index (χ3n) is 4.41. The van der Waals surface area contributed by atoms with E-state index in [9.17, 15) is 14.0 Å². The first-order valence-corrected chi connectivity index (χ1v) is 10.4. The summed E-state index contributed by atoms with van der Waals surface area (Å²) in [6, 6.07) is 6.02. The molecule has 1 aliphatic rings. The van der Waals surface area contributed by atoms with E-state index in [1.807, 2.05) is 0 Å². The molecule has 1 aromatic heterocycles. The van der Waals surface area contributed by atoms with Gasteiger partial charge in [0, 0.05) is 26.2 Å². The zero-order valence-corrected chi connectivity index (χ0v) is 17.3. The van der Waals surface area contributed by atoms with Gasteiger partial charge in [-0.25, -0.2) is 13.9 Å². The number of aromatic nitrogens is 3. The number of nitrogens with zero attached hydrogens (tertiary/aromatic N) is 5. The number of para-hydroxylation sites is 1. The number of amides is 2. The van der Waals surface area contributed by atoms with Gasteiger partial charge in [0.05, 0.1) is 12.4 Å². The summed E-state index contributed by atoms with van der Waals surface area (Å²) in [6.45, 7) is 3.75. The van der Waals surface area contributed by atoms with Crippen LogP contribution in [0.3, 0.4) is 0 Å². The average Bonchev–Trinajstić information content (AvgIpc) is 3.11. The second-order valence-electron chi connectivity index (χ2n) is 6.34. The van der Waals surface area contributed by atoms with Crippen LogP contribution in [0.2, 0.25) is 0 Å². The summed E-state index contributed by atoms with van der Waals surface area (Å²) < 4.78 is 25.2. The molecule has 2 heterocycles. The van der Waals surface area contributed by atoms with Crippen molar-refractivity contribution in [2.24, 2.45) is 0 Å². The van der Waals surface area contributed by atoms with Crippen molar-refractivity contribution < 1.29 is 23.5 Å². The highest BCUT2D eigenvalue weighted by molar-refractivity contribution is 7.99. The van der Waals surface area contributed by atoms with Gasteiger partial charge in [0.2, 0.25) is 11.1 Å². The summed E-state index contributed by atoms with van der Waals surface area (Å²) in [5.74, 6) is 5.91. The molecule has 10 nitrogen and oxygen atoms in total. The fourth-order valence-electron chi connectivity index (χ4n) is 2.78. The Hall–Kier alpha value is -3.02. The summed E-state index contributed by atoms with van der Waals surface area (Å²) >= 11 is 1.15. The molecule has 1 aliphatic heterocycles. The highest BCUT2D eigenvalue weighted by Gasteiger charge is 2.25. The predicted molar refractivity (Wildman–Crippen MR) is 107 cm³/mol. The SMILES string of the molecule is CCOC(=O)N1CCN(C(=O)CSc2nnc(COc3ccccc3F)n2N)CC1. The molecule has 2 amide bonds. The molecule has 0 radical (unpaired) electrons. The fourth-order valence-corrected chi connectivity index (χ4v) is 3.56. The molecule has 0 saturated carbocycles. The number of carbonyl (C=O) groups excluding carboxylic acids is 2. The maximum absolute atomic E-state index is 13.6. The van der Waals surface area contributed by atoms with Crippen molar-refractivity contribution in [3.8, 4) is 5.75 Å². The van der Waals surface area contributed by atoms with Gasteiger partial charge in [0.15, 0.2) is 17.4 Å². The number of halogens is 1. The van der Waals surface area contributed by atoms with Crippen molar-refractivity contribution in [1.29, 1.82) is 0 Å². The highest BCUT2D eigenvalue weighted by atomic mass is 32.2. The van der Waals surface area contributed by atoms with Crippen LogP contribution in [-0.4, -0.2) is 75.2 Å². The maximum Gasteiger partial charge on any atom is 0.409 e. The summed E-state index contributed by atoms with van der Waals surface area (Å²) in [4.78, 5) is 27.4. The van der Waals surface area contributed by atoms with Crippen molar-refractivity contribution in [2.75, 3.05) is 44.4 Å². The lowest BCUT2D eigenvalue weighted by Gasteiger charge is -2.33. The number of hydrogen-bond donors (Lipinski definition) is 1. The van der Waals surface area contributed by atoms with Gasteiger partial charge in [-0.15, -0.1) is 10.2 Å². The van der Waals surface area contributed by atoms with E-state index in [4.69, 9.17) is 15.3 Å². The lowest BCUT2D eigenvalue weighted by atomic mass is 10.3. The van der Waals surface area contributed by atoms with Gasteiger partial charge in [0.25, 0.3) is 0 Å². The molecule has 162 valence electrons. The highest BCUT2D eigenvalue weighted by Crippen LogP contribution is 2.19. The third-order valence-corrected chi connectivity index (χ3v) is 5.34. The molecule has 1 aromatic carbocycles. The third kappa shape index (κ3) is 5.32. The minimum atomic E-state index is -0.483. The number of piperazine rings is 1. The van der Waals surface area contributed by atoms with E-state index in [1.165, 1.54) is 16.8 Å². The van der Waals surface area contributed by atoms with Crippen molar-refractivity contribution in [3.63, 3.8) is 0 Å². The Bertz CT molecular complexity index is 887. The van der Waals surface area contributed by atoms with Crippen LogP contribution in [0.25, 0.3) is 0 Å². The normalized spacial score (nSPS) is 13.9. The van der Waals surface area contributed by atoms with Gasteiger partial charge >= 0.3 is 6.09 Å². The number of thioether (sulfide) groups is 1. The smallest absolute Gasteiger partial charge is 0.409 e. The molecule has 30 heavy (non-hydrogen) atoms. The quantitative estimate of drug-likeness (QED) is 0.505. The molecule has 0 aliphatic carbocycles. The van der Waals surface area contributed by atoms with E-state index in [-0.39, 0.29) is 30.1 Å². The lowest BCUT2D eigenvalue weighted by Crippen LogP contribution is -2.51. The zero-order chi connectivity index (χ0) is 21.5. The van der Waals surface area contributed by atoms with Gasteiger partial charge in [-0.05, 0) is 19.1 Å². The van der Waals surface area contributed by atoms with Crippen LogP contribution in [0.5, 0.6) is 5.75 Å². The molecule has 2 aromatic rings. The van der Waals surface area contributed by atoms with E-state index in [1.54, 1.807) is 28.9 Å². The lowest BCUT2D eigenvalue weighted by molar-refractivity contribution is -0.129. The van der Waals surface area contributed by atoms with Crippen molar-refractivity contribution in [1.82, 2.24) is 24.7 Å². The van der Waals surface area contributed by atoms with Gasteiger partial charge < -0.3 is 25.1 Å². The van der Waals surface area contributed by atoms with Gasteiger partial charge in [0.1, 0.15) is 6.61 Å².